The van der Waals surface area contributed by atoms with Crippen LogP contribution in [0.1, 0.15) is 0 Å². The SMILES string of the molecule is CN1CC(CN)Oc2c(-c3ccccc3)cccc21. The van der Waals surface area contributed by atoms with Gasteiger partial charge in [-0.05, 0) is 11.6 Å². The summed E-state index contributed by atoms with van der Waals surface area (Å²) in [7, 11) is 2.08. The molecule has 0 amide bonds. The fraction of sp³-hybridized carbons (Fsp3) is 0.250. The Morgan fingerprint density at radius 3 is 2.68 bits per heavy atom. The maximum Gasteiger partial charge on any atom is 0.150 e. The van der Waals surface area contributed by atoms with Crippen LogP contribution in [0.15, 0.2) is 48.5 Å². The minimum Gasteiger partial charge on any atom is -0.484 e. The molecule has 0 saturated carbocycles. The van der Waals surface area contributed by atoms with Crippen LogP contribution in [0.4, 0.5) is 5.69 Å². The predicted octanol–water partition coefficient (Wildman–Crippen LogP) is 2.51. The van der Waals surface area contributed by atoms with E-state index < -0.39 is 0 Å². The fourth-order valence-electron chi connectivity index (χ4n) is 2.52. The number of benzene rings is 2. The average Bonchev–Trinajstić information content (AvgIpc) is 2.47. The van der Waals surface area contributed by atoms with Crippen LogP contribution in [0.25, 0.3) is 11.1 Å². The van der Waals surface area contributed by atoms with Gasteiger partial charge in [-0.2, -0.15) is 0 Å². The molecular weight excluding hydrogens is 236 g/mol. The number of likely N-dealkylation sites (N-methyl/N-ethyl adjacent to an activating group) is 1. The Hall–Kier alpha value is -2.00. The summed E-state index contributed by atoms with van der Waals surface area (Å²) in [6.07, 6.45) is 0.0577. The Balaban J connectivity index is 2.11. The number of fused-ring (bicyclic) bond motifs is 1. The lowest BCUT2D eigenvalue weighted by atomic mass is 10.0. The zero-order valence-corrected chi connectivity index (χ0v) is 11.0. The summed E-state index contributed by atoms with van der Waals surface area (Å²) in [5, 5.41) is 0. The van der Waals surface area contributed by atoms with E-state index in [1.165, 1.54) is 5.56 Å². The quantitative estimate of drug-likeness (QED) is 0.895. The molecule has 3 rings (SSSR count). The molecule has 1 aliphatic heterocycles. The van der Waals surface area contributed by atoms with E-state index in [1.54, 1.807) is 0 Å². The smallest absolute Gasteiger partial charge is 0.150 e. The van der Waals surface area contributed by atoms with Crippen LogP contribution in [-0.2, 0) is 0 Å². The van der Waals surface area contributed by atoms with Crippen molar-refractivity contribution in [2.45, 2.75) is 6.10 Å². The summed E-state index contributed by atoms with van der Waals surface area (Å²) >= 11 is 0. The lowest BCUT2D eigenvalue weighted by Crippen LogP contribution is -2.42. The third kappa shape index (κ3) is 2.17. The first kappa shape index (κ1) is 12.1. The molecule has 0 aromatic heterocycles. The molecule has 1 unspecified atom stereocenters. The minimum atomic E-state index is 0.0577. The second-order valence-electron chi connectivity index (χ2n) is 4.88. The molecule has 1 heterocycles. The van der Waals surface area contributed by atoms with E-state index >= 15 is 0 Å². The van der Waals surface area contributed by atoms with Gasteiger partial charge in [-0.15, -0.1) is 0 Å². The molecule has 0 saturated heterocycles. The molecule has 19 heavy (non-hydrogen) atoms. The number of ether oxygens (including phenoxy) is 1. The Bertz CT molecular complexity index is 568. The molecule has 2 aromatic rings. The van der Waals surface area contributed by atoms with Gasteiger partial charge in [0.25, 0.3) is 0 Å². The van der Waals surface area contributed by atoms with Gasteiger partial charge in [-0.25, -0.2) is 0 Å². The number of anilines is 1. The van der Waals surface area contributed by atoms with Gasteiger partial charge in [0.2, 0.25) is 0 Å². The zero-order valence-electron chi connectivity index (χ0n) is 11.0. The Labute approximate surface area is 113 Å². The summed E-state index contributed by atoms with van der Waals surface area (Å²) in [5.74, 6) is 0.943. The largest absolute Gasteiger partial charge is 0.484 e. The van der Waals surface area contributed by atoms with Gasteiger partial charge in [0.1, 0.15) is 6.10 Å². The van der Waals surface area contributed by atoms with E-state index in [4.69, 9.17) is 10.5 Å². The summed E-state index contributed by atoms with van der Waals surface area (Å²) < 4.78 is 6.07. The molecular formula is C16H18N2O. The first-order valence-corrected chi connectivity index (χ1v) is 6.56. The van der Waals surface area contributed by atoms with E-state index in [0.717, 1.165) is 23.5 Å². The van der Waals surface area contributed by atoms with Crippen LogP contribution in [0.5, 0.6) is 5.75 Å². The topological polar surface area (TPSA) is 38.5 Å². The number of nitrogens with zero attached hydrogens (tertiary/aromatic N) is 1. The van der Waals surface area contributed by atoms with Crippen molar-refractivity contribution in [3.63, 3.8) is 0 Å². The molecule has 98 valence electrons. The van der Waals surface area contributed by atoms with Crippen LogP contribution in [0, 0.1) is 0 Å². The van der Waals surface area contributed by atoms with Crippen molar-refractivity contribution >= 4 is 5.69 Å². The number of rotatable bonds is 2. The predicted molar refractivity (Wildman–Crippen MR) is 78.6 cm³/mol. The van der Waals surface area contributed by atoms with Gasteiger partial charge in [-0.3, -0.25) is 0 Å². The molecule has 1 aliphatic rings. The van der Waals surface area contributed by atoms with Crippen molar-refractivity contribution < 1.29 is 4.74 Å². The number of nitrogens with two attached hydrogens (primary N) is 1. The highest BCUT2D eigenvalue weighted by molar-refractivity contribution is 5.79. The lowest BCUT2D eigenvalue weighted by molar-refractivity contribution is 0.205. The standard InChI is InChI=1S/C16H18N2O/c1-18-11-13(10-17)19-16-14(8-5-9-15(16)18)12-6-3-2-4-7-12/h2-9,13H,10-11,17H2,1H3. The lowest BCUT2D eigenvalue weighted by Gasteiger charge is -2.34. The first-order chi connectivity index (χ1) is 9.29. The van der Waals surface area contributed by atoms with Crippen LogP contribution in [-0.4, -0.2) is 26.2 Å². The summed E-state index contributed by atoms with van der Waals surface area (Å²) in [6, 6.07) is 16.6. The van der Waals surface area contributed by atoms with Crippen LogP contribution in [0.3, 0.4) is 0 Å². The normalized spacial score (nSPS) is 17.8. The molecule has 0 fully saturated rings. The number of hydrogen-bond acceptors (Lipinski definition) is 3. The van der Waals surface area contributed by atoms with Gasteiger partial charge in [0.15, 0.2) is 5.75 Å². The Kier molecular flexibility index (Phi) is 3.13. The molecule has 0 spiro atoms. The number of hydrogen-bond donors (Lipinski definition) is 1. The maximum atomic E-state index is 6.07. The fourth-order valence-corrected chi connectivity index (χ4v) is 2.52. The van der Waals surface area contributed by atoms with E-state index in [1.807, 2.05) is 18.2 Å². The van der Waals surface area contributed by atoms with Crippen molar-refractivity contribution in [3.8, 4) is 16.9 Å². The second-order valence-corrected chi connectivity index (χ2v) is 4.88. The minimum absolute atomic E-state index is 0.0577. The van der Waals surface area contributed by atoms with Gasteiger partial charge < -0.3 is 15.4 Å². The molecule has 2 aromatic carbocycles. The highest BCUT2D eigenvalue weighted by atomic mass is 16.5. The molecule has 0 aliphatic carbocycles. The summed E-state index contributed by atoms with van der Waals surface area (Å²) in [6.45, 7) is 1.37. The van der Waals surface area contributed by atoms with Crippen LogP contribution < -0.4 is 15.4 Å². The van der Waals surface area contributed by atoms with Crippen molar-refractivity contribution in [2.75, 3.05) is 25.0 Å². The third-order valence-electron chi connectivity index (χ3n) is 3.52. The van der Waals surface area contributed by atoms with Crippen LogP contribution in [0.2, 0.25) is 0 Å². The van der Waals surface area contributed by atoms with Gasteiger partial charge in [-0.1, -0.05) is 42.5 Å². The van der Waals surface area contributed by atoms with Gasteiger partial charge in [0, 0.05) is 19.2 Å². The highest BCUT2D eigenvalue weighted by Crippen LogP contribution is 2.40. The third-order valence-corrected chi connectivity index (χ3v) is 3.52. The molecule has 1 atom stereocenters. The van der Waals surface area contributed by atoms with Crippen LogP contribution >= 0.6 is 0 Å². The zero-order chi connectivity index (χ0) is 13.2. The van der Waals surface area contributed by atoms with E-state index in [9.17, 15) is 0 Å². The Morgan fingerprint density at radius 2 is 1.95 bits per heavy atom. The summed E-state index contributed by atoms with van der Waals surface area (Å²) in [4.78, 5) is 2.21. The van der Waals surface area contributed by atoms with Crippen molar-refractivity contribution in [2.24, 2.45) is 5.73 Å². The van der Waals surface area contributed by atoms with E-state index in [2.05, 4.69) is 42.3 Å². The monoisotopic (exact) mass is 254 g/mol. The Morgan fingerprint density at radius 1 is 1.16 bits per heavy atom. The average molecular weight is 254 g/mol. The van der Waals surface area contributed by atoms with Gasteiger partial charge >= 0.3 is 0 Å². The van der Waals surface area contributed by atoms with Gasteiger partial charge in [0.05, 0.1) is 12.2 Å². The summed E-state index contributed by atoms with van der Waals surface area (Å²) in [5.41, 5.74) is 9.19. The first-order valence-electron chi connectivity index (χ1n) is 6.56. The molecule has 2 N–H and O–H groups in total. The molecule has 3 heteroatoms. The second kappa shape index (κ2) is 4.94. The molecule has 3 nitrogen and oxygen atoms in total. The maximum absolute atomic E-state index is 6.07. The number of para-hydroxylation sites is 1. The highest BCUT2D eigenvalue weighted by Gasteiger charge is 2.24. The van der Waals surface area contributed by atoms with E-state index in [0.29, 0.717) is 6.54 Å². The van der Waals surface area contributed by atoms with E-state index in [-0.39, 0.29) is 6.10 Å². The molecule has 0 bridgehead atoms. The van der Waals surface area contributed by atoms with Crippen molar-refractivity contribution in [1.82, 2.24) is 0 Å². The van der Waals surface area contributed by atoms with Crippen molar-refractivity contribution in [1.29, 1.82) is 0 Å². The molecule has 0 radical (unpaired) electrons. The van der Waals surface area contributed by atoms with Crippen molar-refractivity contribution in [3.05, 3.63) is 48.5 Å².